The number of H-pyrrole nitrogens is 1. The maximum absolute atomic E-state index is 6.04. The molecule has 4 rings (SSSR count). The fraction of sp³-hybridized carbons (Fsp3) is 0.111. The van der Waals surface area contributed by atoms with Crippen molar-refractivity contribution in [3.63, 3.8) is 0 Å². The van der Waals surface area contributed by atoms with E-state index in [4.69, 9.17) is 4.74 Å². The number of hydrogen-bond acceptors (Lipinski definition) is 7. The Morgan fingerprint density at radius 1 is 1.30 bits per heavy atom. The number of ether oxygens (including phenoxy) is 1. The summed E-state index contributed by atoms with van der Waals surface area (Å²) in [5.41, 5.74) is 1.59. The van der Waals surface area contributed by atoms with Crippen LogP contribution in [0.4, 0.5) is 17.5 Å². The molecule has 0 atom stereocenters. The minimum Gasteiger partial charge on any atom is -0.438 e. The standard InChI is InChI=1S/C18H18N8O/c1-3-8-19-12-5-4-6-13(10-12)27-17-14-7-9-20-16(14)23-18(24-17)22-15-11-21-26(2)25-15/h3-7,9-11,19H,1,8H2,2H3,(H2,20,22,23,24,25). The number of nitrogens with one attached hydrogen (secondary N) is 3. The fourth-order valence-corrected chi connectivity index (χ4v) is 2.54. The van der Waals surface area contributed by atoms with E-state index in [0.29, 0.717) is 35.6 Å². The molecule has 0 aliphatic rings. The van der Waals surface area contributed by atoms with Gasteiger partial charge in [-0.3, -0.25) is 0 Å². The molecule has 9 nitrogen and oxygen atoms in total. The van der Waals surface area contributed by atoms with Crippen molar-refractivity contribution in [1.29, 1.82) is 0 Å². The van der Waals surface area contributed by atoms with E-state index in [0.717, 1.165) is 11.1 Å². The molecule has 27 heavy (non-hydrogen) atoms. The van der Waals surface area contributed by atoms with Gasteiger partial charge in [0.25, 0.3) is 0 Å². The summed E-state index contributed by atoms with van der Waals surface area (Å²) in [6.07, 6.45) is 5.18. The van der Waals surface area contributed by atoms with E-state index in [9.17, 15) is 0 Å². The number of anilines is 3. The van der Waals surface area contributed by atoms with Crippen molar-refractivity contribution in [3.05, 3.63) is 55.4 Å². The monoisotopic (exact) mass is 362 g/mol. The highest BCUT2D eigenvalue weighted by molar-refractivity contribution is 5.82. The molecule has 0 spiro atoms. The van der Waals surface area contributed by atoms with E-state index in [2.05, 4.69) is 42.4 Å². The number of fused-ring (bicyclic) bond motifs is 1. The summed E-state index contributed by atoms with van der Waals surface area (Å²) in [6, 6.07) is 9.52. The van der Waals surface area contributed by atoms with Gasteiger partial charge < -0.3 is 20.4 Å². The van der Waals surface area contributed by atoms with Gasteiger partial charge in [-0.25, -0.2) is 0 Å². The molecular weight excluding hydrogens is 344 g/mol. The molecular formula is C18H18N8O. The number of benzene rings is 1. The van der Waals surface area contributed by atoms with E-state index in [1.807, 2.05) is 30.3 Å². The summed E-state index contributed by atoms with van der Waals surface area (Å²) >= 11 is 0. The first-order chi connectivity index (χ1) is 13.2. The largest absolute Gasteiger partial charge is 0.438 e. The summed E-state index contributed by atoms with van der Waals surface area (Å²) in [4.78, 5) is 13.5. The van der Waals surface area contributed by atoms with E-state index >= 15 is 0 Å². The van der Waals surface area contributed by atoms with Gasteiger partial charge >= 0.3 is 0 Å². The van der Waals surface area contributed by atoms with Crippen molar-refractivity contribution < 1.29 is 4.74 Å². The second kappa shape index (κ2) is 7.16. The van der Waals surface area contributed by atoms with Crippen molar-refractivity contribution in [2.24, 2.45) is 7.05 Å². The van der Waals surface area contributed by atoms with Crippen LogP contribution in [0.25, 0.3) is 11.0 Å². The molecule has 3 heterocycles. The van der Waals surface area contributed by atoms with Gasteiger partial charge in [0, 0.05) is 31.5 Å². The highest BCUT2D eigenvalue weighted by Gasteiger charge is 2.12. The van der Waals surface area contributed by atoms with Gasteiger partial charge in [-0.15, -0.1) is 11.7 Å². The second-order valence-electron chi connectivity index (χ2n) is 5.74. The lowest BCUT2D eigenvalue weighted by atomic mass is 10.3. The lowest BCUT2D eigenvalue weighted by Gasteiger charge is -2.10. The Labute approximate surface area is 155 Å². The Kier molecular flexibility index (Phi) is 4.40. The van der Waals surface area contributed by atoms with Gasteiger partial charge in [0.2, 0.25) is 11.8 Å². The minimum atomic E-state index is 0.362. The van der Waals surface area contributed by atoms with Gasteiger partial charge in [0.05, 0.1) is 11.6 Å². The van der Waals surface area contributed by atoms with Crippen LogP contribution in [0, 0.1) is 0 Å². The summed E-state index contributed by atoms with van der Waals surface area (Å²) in [5, 5.41) is 15.2. The molecule has 136 valence electrons. The molecule has 9 heteroatoms. The zero-order valence-corrected chi connectivity index (χ0v) is 14.7. The summed E-state index contributed by atoms with van der Waals surface area (Å²) in [5.74, 6) is 2.01. The summed E-state index contributed by atoms with van der Waals surface area (Å²) in [6.45, 7) is 4.38. The lowest BCUT2D eigenvalue weighted by molar-refractivity contribution is 0.469. The first kappa shape index (κ1) is 16.6. The molecule has 0 saturated carbocycles. The van der Waals surface area contributed by atoms with Crippen LogP contribution in [0.3, 0.4) is 0 Å². The minimum absolute atomic E-state index is 0.362. The Bertz CT molecular complexity index is 1080. The zero-order valence-electron chi connectivity index (χ0n) is 14.7. The van der Waals surface area contributed by atoms with Gasteiger partial charge in [0.1, 0.15) is 11.4 Å². The second-order valence-corrected chi connectivity index (χ2v) is 5.74. The van der Waals surface area contributed by atoms with Gasteiger partial charge in [-0.2, -0.15) is 19.9 Å². The van der Waals surface area contributed by atoms with Crippen molar-refractivity contribution in [2.75, 3.05) is 17.2 Å². The topological polar surface area (TPSA) is 106 Å². The van der Waals surface area contributed by atoms with Crippen LogP contribution < -0.4 is 15.4 Å². The first-order valence-electron chi connectivity index (χ1n) is 8.32. The van der Waals surface area contributed by atoms with Crippen LogP contribution in [0.15, 0.2) is 55.4 Å². The van der Waals surface area contributed by atoms with Crippen LogP contribution in [-0.4, -0.2) is 36.5 Å². The zero-order chi connectivity index (χ0) is 18.6. The van der Waals surface area contributed by atoms with Crippen LogP contribution in [0.2, 0.25) is 0 Å². The number of aromatic amines is 1. The van der Waals surface area contributed by atoms with E-state index in [1.165, 1.54) is 4.80 Å². The molecule has 4 aromatic rings. The number of nitrogens with zero attached hydrogens (tertiary/aromatic N) is 5. The van der Waals surface area contributed by atoms with Crippen molar-refractivity contribution >= 4 is 28.5 Å². The van der Waals surface area contributed by atoms with Crippen LogP contribution in [0.1, 0.15) is 0 Å². The van der Waals surface area contributed by atoms with Crippen molar-refractivity contribution in [3.8, 4) is 11.6 Å². The number of aromatic nitrogens is 6. The molecule has 0 radical (unpaired) electrons. The Morgan fingerprint density at radius 2 is 2.22 bits per heavy atom. The van der Waals surface area contributed by atoms with Crippen LogP contribution >= 0.6 is 0 Å². The summed E-state index contributed by atoms with van der Waals surface area (Å²) < 4.78 is 6.04. The van der Waals surface area contributed by atoms with Gasteiger partial charge in [0.15, 0.2) is 5.82 Å². The molecule has 3 aromatic heterocycles. The third-order valence-corrected chi connectivity index (χ3v) is 3.72. The molecule has 0 unspecified atom stereocenters. The molecule has 0 aliphatic carbocycles. The Hall–Kier alpha value is -3.88. The molecule has 0 amide bonds. The average molecular weight is 362 g/mol. The first-order valence-corrected chi connectivity index (χ1v) is 8.32. The SMILES string of the molecule is C=CCNc1cccc(Oc2nc(Nc3cnn(C)n3)nc3[nH]ccc23)c1. The van der Waals surface area contributed by atoms with Crippen LogP contribution in [-0.2, 0) is 7.05 Å². The maximum Gasteiger partial charge on any atom is 0.233 e. The van der Waals surface area contributed by atoms with Gasteiger partial charge in [-0.05, 0) is 18.2 Å². The van der Waals surface area contributed by atoms with Gasteiger partial charge in [-0.1, -0.05) is 12.1 Å². The number of hydrogen-bond donors (Lipinski definition) is 3. The predicted molar refractivity (Wildman–Crippen MR) is 103 cm³/mol. The van der Waals surface area contributed by atoms with Crippen molar-refractivity contribution in [2.45, 2.75) is 0 Å². The fourth-order valence-electron chi connectivity index (χ4n) is 2.54. The third-order valence-electron chi connectivity index (χ3n) is 3.72. The molecule has 1 aromatic carbocycles. The number of aryl methyl sites for hydroxylation is 1. The Morgan fingerprint density at radius 3 is 3.04 bits per heavy atom. The van der Waals surface area contributed by atoms with Crippen LogP contribution in [0.5, 0.6) is 11.6 Å². The molecule has 0 saturated heterocycles. The lowest BCUT2D eigenvalue weighted by Crippen LogP contribution is -2.01. The van der Waals surface area contributed by atoms with E-state index in [-0.39, 0.29) is 0 Å². The van der Waals surface area contributed by atoms with Crippen molar-refractivity contribution in [1.82, 2.24) is 29.9 Å². The maximum atomic E-state index is 6.04. The van der Waals surface area contributed by atoms with E-state index in [1.54, 1.807) is 25.5 Å². The molecule has 3 N–H and O–H groups in total. The smallest absolute Gasteiger partial charge is 0.233 e. The molecule has 0 bridgehead atoms. The Balaban J connectivity index is 1.64. The summed E-state index contributed by atoms with van der Waals surface area (Å²) in [7, 11) is 1.74. The van der Waals surface area contributed by atoms with E-state index < -0.39 is 0 Å². The average Bonchev–Trinajstić information content (AvgIpc) is 3.29. The molecule has 0 aliphatic heterocycles. The normalized spacial score (nSPS) is 10.7. The third kappa shape index (κ3) is 3.71. The number of rotatable bonds is 7. The highest BCUT2D eigenvalue weighted by Crippen LogP contribution is 2.29. The molecule has 0 fully saturated rings. The quantitative estimate of drug-likeness (QED) is 0.433. The predicted octanol–water partition coefficient (Wildman–Crippen LogP) is 3.22. The highest BCUT2D eigenvalue weighted by atomic mass is 16.5.